The van der Waals surface area contributed by atoms with Crippen LogP contribution in [0.2, 0.25) is 0 Å². The largest absolute Gasteiger partial charge is 0.478 e. The van der Waals surface area contributed by atoms with Crippen LogP contribution in [0.4, 0.5) is 4.39 Å². The fourth-order valence-electron chi connectivity index (χ4n) is 1.85. The van der Waals surface area contributed by atoms with Gasteiger partial charge in [-0.1, -0.05) is 18.2 Å². The number of carboxylic acids is 1. The van der Waals surface area contributed by atoms with Gasteiger partial charge in [0.05, 0.1) is 0 Å². The highest BCUT2D eigenvalue weighted by Gasteiger charge is 2.05. The average molecular weight is 288 g/mol. The van der Waals surface area contributed by atoms with Crippen molar-refractivity contribution in [2.24, 2.45) is 0 Å². The molecule has 2 nitrogen and oxygen atoms in total. The van der Waals surface area contributed by atoms with E-state index < -0.39 is 5.97 Å². The lowest BCUT2D eigenvalue weighted by atomic mass is 9.99. The molecule has 0 saturated heterocycles. The molecule has 0 aliphatic heterocycles. The second kappa shape index (κ2) is 6.39. The minimum Gasteiger partial charge on any atom is -0.478 e. The summed E-state index contributed by atoms with van der Waals surface area (Å²) in [4.78, 5) is 11.7. The van der Waals surface area contributed by atoms with Crippen molar-refractivity contribution in [1.82, 2.24) is 0 Å². The van der Waals surface area contributed by atoms with Crippen molar-refractivity contribution in [1.29, 1.82) is 0 Å². The van der Waals surface area contributed by atoms with Crippen LogP contribution < -0.4 is 0 Å². The molecule has 0 radical (unpaired) electrons. The first-order chi connectivity index (χ1) is 9.60. The van der Waals surface area contributed by atoms with Crippen LogP contribution in [0, 0.1) is 5.82 Å². The Morgan fingerprint density at radius 1 is 1.20 bits per heavy atom. The topological polar surface area (TPSA) is 37.3 Å². The van der Waals surface area contributed by atoms with Crippen molar-refractivity contribution >= 4 is 23.8 Å². The molecule has 0 bridgehead atoms. The first-order valence-corrected chi connectivity index (χ1v) is 7.17. The molecule has 1 N–H and O–H groups in total. The number of benzene rings is 2. The molecule has 2 rings (SSSR count). The number of carbonyl (C=O) groups is 1. The van der Waals surface area contributed by atoms with Crippen LogP contribution in [0.25, 0.3) is 17.2 Å². The van der Waals surface area contributed by atoms with Crippen LogP contribution in [0.3, 0.4) is 0 Å². The van der Waals surface area contributed by atoms with Gasteiger partial charge in [-0.2, -0.15) is 0 Å². The maximum Gasteiger partial charge on any atom is 0.328 e. The van der Waals surface area contributed by atoms with Gasteiger partial charge >= 0.3 is 5.97 Å². The van der Waals surface area contributed by atoms with Crippen LogP contribution in [0.15, 0.2) is 53.4 Å². The van der Waals surface area contributed by atoms with Gasteiger partial charge in [0.25, 0.3) is 0 Å². The van der Waals surface area contributed by atoms with E-state index in [-0.39, 0.29) is 5.82 Å². The molecule has 0 atom stereocenters. The highest BCUT2D eigenvalue weighted by molar-refractivity contribution is 7.98. The molecule has 0 amide bonds. The maximum atomic E-state index is 13.0. The molecule has 0 aliphatic carbocycles. The molecule has 4 heteroatoms. The van der Waals surface area contributed by atoms with Gasteiger partial charge in [-0.3, -0.25) is 0 Å². The van der Waals surface area contributed by atoms with Gasteiger partial charge in [-0.25, -0.2) is 9.18 Å². The number of hydrogen-bond acceptors (Lipinski definition) is 2. The van der Waals surface area contributed by atoms with E-state index in [0.29, 0.717) is 0 Å². The van der Waals surface area contributed by atoms with Gasteiger partial charge in [0, 0.05) is 11.0 Å². The van der Waals surface area contributed by atoms with Gasteiger partial charge in [-0.05, 0) is 53.3 Å². The predicted molar refractivity (Wildman–Crippen MR) is 80.3 cm³/mol. The number of aliphatic carboxylic acids is 1. The minimum absolute atomic E-state index is 0.294. The molecule has 0 fully saturated rings. The lowest BCUT2D eigenvalue weighted by Gasteiger charge is -2.08. The third-order valence-electron chi connectivity index (χ3n) is 2.82. The summed E-state index contributed by atoms with van der Waals surface area (Å²) in [5, 5.41) is 8.73. The smallest absolute Gasteiger partial charge is 0.328 e. The third kappa shape index (κ3) is 3.48. The molecule has 0 aromatic heterocycles. The Morgan fingerprint density at radius 3 is 2.50 bits per heavy atom. The van der Waals surface area contributed by atoms with Gasteiger partial charge < -0.3 is 5.11 Å². The summed E-state index contributed by atoms with van der Waals surface area (Å²) in [7, 11) is 0. The quantitative estimate of drug-likeness (QED) is 0.672. The number of rotatable bonds is 4. The predicted octanol–water partition coefficient (Wildman–Crippen LogP) is 4.31. The lowest BCUT2D eigenvalue weighted by Crippen LogP contribution is -1.89. The van der Waals surface area contributed by atoms with Crippen molar-refractivity contribution in [3.05, 3.63) is 59.9 Å². The zero-order chi connectivity index (χ0) is 14.5. The van der Waals surface area contributed by atoms with Crippen molar-refractivity contribution < 1.29 is 14.3 Å². The summed E-state index contributed by atoms with van der Waals surface area (Å²) < 4.78 is 13.0. The number of thioether (sulfide) groups is 1. The van der Waals surface area contributed by atoms with E-state index in [0.717, 1.165) is 27.7 Å². The van der Waals surface area contributed by atoms with Crippen molar-refractivity contribution in [2.75, 3.05) is 6.26 Å². The Bertz CT molecular complexity index is 648. The van der Waals surface area contributed by atoms with E-state index in [1.807, 2.05) is 24.5 Å². The Labute approximate surface area is 121 Å². The van der Waals surface area contributed by atoms with Crippen molar-refractivity contribution in [3.8, 4) is 11.1 Å². The monoisotopic (exact) mass is 288 g/mol. The van der Waals surface area contributed by atoms with Gasteiger partial charge in [0.1, 0.15) is 5.82 Å². The Kier molecular flexibility index (Phi) is 4.58. The van der Waals surface area contributed by atoms with E-state index in [1.165, 1.54) is 12.1 Å². The summed E-state index contributed by atoms with van der Waals surface area (Å²) in [6.07, 6.45) is 4.61. The molecule has 0 spiro atoms. The molecular formula is C16H13FO2S. The molecule has 2 aromatic rings. The van der Waals surface area contributed by atoms with Gasteiger partial charge in [0.15, 0.2) is 0 Å². The zero-order valence-corrected chi connectivity index (χ0v) is 11.7. The van der Waals surface area contributed by atoms with Crippen molar-refractivity contribution in [2.45, 2.75) is 4.90 Å². The molecule has 0 aliphatic rings. The first kappa shape index (κ1) is 14.3. The lowest BCUT2D eigenvalue weighted by molar-refractivity contribution is -0.131. The Morgan fingerprint density at radius 2 is 1.90 bits per heavy atom. The summed E-state index contributed by atoms with van der Waals surface area (Å²) in [6, 6.07) is 11.9. The molecule has 0 heterocycles. The van der Waals surface area contributed by atoms with Gasteiger partial charge in [0.2, 0.25) is 0 Å². The van der Waals surface area contributed by atoms with Crippen molar-refractivity contribution in [3.63, 3.8) is 0 Å². The number of carboxylic acid groups (broad SMARTS) is 1. The second-order valence-electron chi connectivity index (χ2n) is 4.13. The van der Waals surface area contributed by atoms with E-state index in [1.54, 1.807) is 30.0 Å². The van der Waals surface area contributed by atoms with Crippen LogP contribution in [0.5, 0.6) is 0 Å². The maximum absolute atomic E-state index is 13.0. The minimum atomic E-state index is -0.996. The summed E-state index contributed by atoms with van der Waals surface area (Å²) in [5.74, 6) is -1.29. The van der Waals surface area contributed by atoms with E-state index >= 15 is 0 Å². The van der Waals surface area contributed by atoms with E-state index in [9.17, 15) is 9.18 Å². The molecule has 0 unspecified atom stereocenters. The van der Waals surface area contributed by atoms with E-state index in [4.69, 9.17) is 5.11 Å². The number of hydrogen-bond donors (Lipinski definition) is 1. The Balaban J connectivity index is 2.52. The molecule has 20 heavy (non-hydrogen) atoms. The summed E-state index contributed by atoms with van der Waals surface area (Å²) >= 11 is 1.60. The highest BCUT2D eigenvalue weighted by Crippen LogP contribution is 2.29. The fraction of sp³-hybridized carbons (Fsp3) is 0.0625. The zero-order valence-electron chi connectivity index (χ0n) is 10.8. The SMILES string of the molecule is CSc1ccc(C=CC(=O)O)c(-c2ccc(F)cc2)c1. The second-order valence-corrected chi connectivity index (χ2v) is 5.01. The molecule has 102 valence electrons. The standard InChI is InChI=1S/C16H13FO2S/c1-20-14-8-4-12(5-9-16(18)19)15(10-14)11-2-6-13(17)7-3-11/h2-10H,1H3,(H,18,19). The molecular weight excluding hydrogens is 275 g/mol. The first-order valence-electron chi connectivity index (χ1n) is 5.95. The number of halogens is 1. The van der Waals surface area contributed by atoms with Gasteiger partial charge in [-0.15, -0.1) is 11.8 Å². The van der Waals surface area contributed by atoms with Crippen LogP contribution in [-0.4, -0.2) is 17.3 Å². The summed E-state index contributed by atoms with van der Waals surface area (Å²) in [6.45, 7) is 0. The summed E-state index contributed by atoms with van der Waals surface area (Å²) in [5.41, 5.74) is 2.53. The normalized spacial score (nSPS) is 10.9. The molecule has 2 aromatic carbocycles. The van der Waals surface area contributed by atoms with Crippen LogP contribution in [0.1, 0.15) is 5.56 Å². The highest BCUT2D eigenvalue weighted by atomic mass is 32.2. The third-order valence-corrected chi connectivity index (χ3v) is 3.55. The average Bonchev–Trinajstić information content (AvgIpc) is 2.45. The van der Waals surface area contributed by atoms with Crippen LogP contribution >= 0.6 is 11.8 Å². The van der Waals surface area contributed by atoms with E-state index in [2.05, 4.69) is 0 Å². The fourth-order valence-corrected chi connectivity index (χ4v) is 2.29. The molecule has 0 saturated carbocycles. The Hall–Kier alpha value is -2.07. The van der Waals surface area contributed by atoms with Crippen LogP contribution in [-0.2, 0) is 4.79 Å².